The molecule has 0 saturated carbocycles. The molecule has 0 aliphatic carbocycles. The van der Waals surface area contributed by atoms with E-state index in [9.17, 15) is 0 Å². The number of nitrogens with zero attached hydrogens (tertiary/aromatic N) is 2. The number of anilines is 1. The van der Waals surface area contributed by atoms with E-state index in [0.29, 0.717) is 10.0 Å². The molecule has 0 aromatic heterocycles. The molecule has 0 N–H and O–H groups in total. The number of para-hydroxylation sites is 1. The SMILES string of the molecule is Cc1cccc(C2=NN(c3ccccc3)[C@@H](c3c(Cl)cccc3Cl)C2)c1. The van der Waals surface area contributed by atoms with Crippen LogP contribution in [0.15, 0.2) is 77.9 Å². The molecular formula is C22H18Cl2N2. The molecule has 0 unspecified atom stereocenters. The van der Waals surface area contributed by atoms with E-state index in [-0.39, 0.29) is 6.04 Å². The zero-order valence-electron chi connectivity index (χ0n) is 14.4. The fraction of sp³-hybridized carbons (Fsp3) is 0.136. The molecular weight excluding hydrogens is 363 g/mol. The summed E-state index contributed by atoms with van der Waals surface area (Å²) < 4.78 is 0. The van der Waals surface area contributed by atoms with Crippen LogP contribution in [-0.2, 0) is 0 Å². The van der Waals surface area contributed by atoms with Crippen LogP contribution in [0.3, 0.4) is 0 Å². The topological polar surface area (TPSA) is 15.6 Å². The van der Waals surface area contributed by atoms with Gasteiger partial charge in [-0.2, -0.15) is 5.10 Å². The summed E-state index contributed by atoms with van der Waals surface area (Å²) in [6.45, 7) is 2.09. The Kier molecular flexibility index (Phi) is 4.71. The molecule has 0 fully saturated rings. The van der Waals surface area contributed by atoms with Gasteiger partial charge in [-0.15, -0.1) is 0 Å². The number of hydrazone groups is 1. The Morgan fingerprint density at radius 2 is 1.58 bits per heavy atom. The van der Waals surface area contributed by atoms with E-state index < -0.39 is 0 Å². The van der Waals surface area contributed by atoms with E-state index >= 15 is 0 Å². The van der Waals surface area contributed by atoms with Gasteiger partial charge in [-0.3, -0.25) is 5.01 Å². The molecule has 1 aliphatic rings. The number of rotatable bonds is 3. The molecule has 1 atom stereocenters. The predicted molar refractivity (Wildman–Crippen MR) is 110 cm³/mol. The third kappa shape index (κ3) is 3.23. The standard InChI is InChI=1S/C22H18Cl2N2/c1-15-7-5-8-16(13-15)20-14-21(22-18(23)11-6-12-19(22)24)26(25-20)17-9-3-2-4-10-17/h2-13,21H,14H2,1H3/t21-/m1/s1. The molecule has 130 valence electrons. The molecule has 4 heteroatoms. The van der Waals surface area contributed by atoms with Crippen LogP contribution in [0.4, 0.5) is 5.69 Å². The van der Waals surface area contributed by atoms with Crippen molar-refractivity contribution < 1.29 is 0 Å². The van der Waals surface area contributed by atoms with Crippen LogP contribution in [0.1, 0.15) is 29.2 Å². The molecule has 0 amide bonds. The summed E-state index contributed by atoms with van der Waals surface area (Å²) in [6.07, 6.45) is 0.752. The van der Waals surface area contributed by atoms with Gasteiger partial charge >= 0.3 is 0 Å². The molecule has 0 radical (unpaired) electrons. The van der Waals surface area contributed by atoms with E-state index in [0.717, 1.165) is 28.9 Å². The lowest BCUT2D eigenvalue weighted by Gasteiger charge is -2.25. The molecule has 1 aliphatic heterocycles. The van der Waals surface area contributed by atoms with Crippen molar-refractivity contribution in [3.05, 3.63) is 99.5 Å². The first-order valence-electron chi connectivity index (χ1n) is 8.56. The first-order chi connectivity index (χ1) is 12.6. The lowest BCUT2D eigenvalue weighted by Crippen LogP contribution is -2.19. The van der Waals surface area contributed by atoms with Gasteiger partial charge < -0.3 is 0 Å². The number of hydrogen-bond acceptors (Lipinski definition) is 2. The van der Waals surface area contributed by atoms with Crippen molar-refractivity contribution >= 4 is 34.6 Å². The Bertz CT molecular complexity index is 947. The van der Waals surface area contributed by atoms with Crippen LogP contribution in [0.5, 0.6) is 0 Å². The maximum Gasteiger partial charge on any atom is 0.0860 e. The van der Waals surface area contributed by atoms with Crippen LogP contribution in [0.2, 0.25) is 10.0 Å². The summed E-state index contributed by atoms with van der Waals surface area (Å²) in [7, 11) is 0. The molecule has 0 saturated heterocycles. The monoisotopic (exact) mass is 380 g/mol. The maximum atomic E-state index is 6.52. The highest BCUT2D eigenvalue weighted by atomic mass is 35.5. The van der Waals surface area contributed by atoms with Crippen LogP contribution in [0, 0.1) is 6.92 Å². The van der Waals surface area contributed by atoms with Crippen LogP contribution < -0.4 is 5.01 Å². The largest absolute Gasteiger partial charge is 0.257 e. The van der Waals surface area contributed by atoms with Gasteiger partial charge in [0.2, 0.25) is 0 Å². The van der Waals surface area contributed by atoms with E-state index in [1.807, 2.05) is 41.4 Å². The smallest absolute Gasteiger partial charge is 0.0860 e. The van der Waals surface area contributed by atoms with Crippen molar-refractivity contribution in [3.8, 4) is 0 Å². The molecule has 4 rings (SSSR count). The first-order valence-corrected chi connectivity index (χ1v) is 9.32. The van der Waals surface area contributed by atoms with Gasteiger partial charge in [0.25, 0.3) is 0 Å². The van der Waals surface area contributed by atoms with Gasteiger partial charge in [-0.25, -0.2) is 0 Å². The summed E-state index contributed by atoms with van der Waals surface area (Å²) in [5, 5.41) is 8.32. The Morgan fingerprint density at radius 3 is 2.27 bits per heavy atom. The van der Waals surface area contributed by atoms with E-state index in [1.165, 1.54) is 5.56 Å². The number of benzene rings is 3. The number of halogens is 2. The Morgan fingerprint density at radius 1 is 0.885 bits per heavy atom. The zero-order chi connectivity index (χ0) is 18.1. The number of aryl methyl sites for hydroxylation is 1. The highest BCUT2D eigenvalue weighted by molar-refractivity contribution is 6.36. The fourth-order valence-corrected chi connectivity index (χ4v) is 4.03. The van der Waals surface area contributed by atoms with Crippen molar-refractivity contribution in [3.63, 3.8) is 0 Å². The lowest BCUT2D eigenvalue weighted by molar-refractivity contribution is 0.709. The normalized spacial score (nSPS) is 16.7. The number of hydrogen-bond donors (Lipinski definition) is 0. The van der Waals surface area contributed by atoms with Crippen molar-refractivity contribution in [1.82, 2.24) is 0 Å². The minimum Gasteiger partial charge on any atom is -0.257 e. The van der Waals surface area contributed by atoms with Gasteiger partial charge in [0.15, 0.2) is 0 Å². The molecule has 3 aromatic rings. The first kappa shape index (κ1) is 17.1. The van der Waals surface area contributed by atoms with Crippen molar-refractivity contribution in [2.75, 3.05) is 5.01 Å². The molecule has 0 bridgehead atoms. The lowest BCUT2D eigenvalue weighted by atomic mass is 9.97. The zero-order valence-corrected chi connectivity index (χ0v) is 15.9. The Labute approximate surface area is 163 Å². The van der Waals surface area contributed by atoms with E-state index in [2.05, 4.69) is 43.3 Å². The molecule has 2 nitrogen and oxygen atoms in total. The Balaban J connectivity index is 1.81. The predicted octanol–water partition coefficient (Wildman–Crippen LogP) is 6.66. The third-order valence-corrected chi connectivity index (χ3v) is 5.27. The minimum atomic E-state index is -0.0332. The second-order valence-corrected chi connectivity index (χ2v) is 7.27. The molecule has 26 heavy (non-hydrogen) atoms. The average molecular weight is 381 g/mol. The van der Waals surface area contributed by atoms with Crippen LogP contribution in [0.25, 0.3) is 0 Å². The highest BCUT2D eigenvalue weighted by Crippen LogP contribution is 2.42. The van der Waals surface area contributed by atoms with Crippen LogP contribution in [-0.4, -0.2) is 5.71 Å². The second kappa shape index (κ2) is 7.14. The molecule has 0 spiro atoms. The van der Waals surface area contributed by atoms with Gasteiger partial charge in [-0.05, 0) is 36.8 Å². The molecule has 1 heterocycles. The Hall–Kier alpha value is -2.29. The molecule has 3 aromatic carbocycles. The van der Waals surface area contributed by atoms with Crippen molar-refractivity contribution in [2.45, 2.75) is 19.4 Å². The minimum absolute atomic E-state index is 0.0332. The van der Waals surface area contributed by atoms with Crippen LogP contribution >= 0.6 is 23.2 Å². The van der Waals surface area contributed by atoms with Gasteiger partial charge in [0.1, 0.15) is 0 Å². The highest BCUT2D eigenvalue weighted by Gasteiger charge is 2.32. The maximum absolute atomic E-state index is 6.52. The van der Waals surface area contributed by atoms with Crippen molar-refractivity contribution in [1.29, 1.82) is 0 Å². The van der Waals surface area contributed by atoms with Gasteiger partial charge in [-0.1, -0.05) is 77.3 Å². The van der Waals surface area contributed by atoms with Gasteiger partial charge in [0.05, 0.1) is 17.4 Å². The summed E-state index contributed by atoms with van der Waals surface area (Å²) in [6, 6.07) is 24.2. The van der Waals surface area contributed by atoms with E-state index in [1.54, 1.807) is 0 Å². The summed E-state index contributed by atoms with van der Waals surface area (Å²) in [5.74, 6) is 0. The van der Waals surface area contributed by atoms with Crippen molar-refractivity contribution in [2.24, 2.45) is 5.10 Å². The summed E-state index contributed by atoms with van der Waals surface area (Å²) >= 11 is 13.0. The van der Waals surface area contributed by atoms with Gasteiger partial charge in [0, 0.05) is 22.0 Å². The second-order valence-electron chi connectivity index (χ2n) is 6.45. The average Bonchev–Trinajstić information content (AvgIpc) is 3.07. The fourth-order valence-electron chi connectivity index (χ4n) is 3.38. The summed E-state index contributed by atoms with van der Waals surface area (Å²) in [4.78, 5) is 0. The van der Waals surface area contributed by atoms with E-state index in [4.69, 9.17) is 28.3 Å². The summed E-state index contributed by atoms with van der Waals surface area (Å²) in [5.41, 5.74) is 5.34. The quantitative estimate of drug-likeness (QED) is 0.495. The third-order valence-electron chi connectivity index (χ3n) is 4.62.